The lowest BCUT2D eigenvalue weighted by atomic mass is 9.92. The van der Waals surface area contributed by atoms with Crippen molar-refractivity contribution >= 4 is 0 Å². The van der Waals surface area contributed by atoms with Crippen molar-refractivity contribution in [3.8, 4) is 0 Å². The van der Waals surface area contributed by atoms with Crippen LogP contribution in [0.5, 0.6) is 0 Å². The molecule has 0 aromatic heterocycles. The number of benzene rings is 1. The van der Waals surface area contributed by atoms with Gasteiger partial charge in [-0.15, -0.1) is 0 Å². The summed E-state index contributed by atoms with van der Waals surface area (Å²) in [4.78, 5) is 0. The van der Waals surface area contributed by atoms with E-state index in [1.54, 1.807) is 0 Å². The molecular formula is C14H20O2. The Bertz CT molecular complexity index is 304. The molecule has 0 amide bonds. The number of hydrogen-bond acceptors (Lipinski definition) is 2. The Morgan fingerprint density at radius 3 is 2.75 bits per heavy atom. The molecule has 3 atom stereocenters. The first kappa shape index (κ1) is 11.6. The van der Waals surface area contributed by atoms with E-state index in [1.807, 2.05) is 30.3 Å². The Hall–Kier alpha value is -0.860. The summed E-state index contributed by atoms with van der Waals surface area (Å²) in [5.74, 6) is 0.255. The van der Waals surface area contributed by atoms with Gasteiger partial charge in [0.2, 0.25) is 0 Å². The van der Waals surface area contributed by atoms with E-state index in [-0.39, 0.29) is 12.0 Å². The predicted octanol–water partition coefficient (Wildman–Crippen LogP) is 2.93. The van der Waals surface area contributed by atoms with Gasteiger partial charge in [0.15, 0.2) is 0 Å². The molecule has 1 heterocycles. The van der Waals surface area contributed by atoms with E-state index in [4.69, 9.17) is 4.74 Å². The first-order valence-electron chi connectivity index (χ1n) is 6.12. The molecule has 1 fully saturated rings. The lowest BCUT2D eigenvalue weighted by Crippen LogP contribution is -2.16. The van der Waals surface area contributed by atoms with Gasteiger partial charge in [-0.25, -0.2) is 0 Å². The zero-order valence-electron chi connectivity index (χ0n) is 9.80. The van der Waals surface area contributed by atoms with Crippen molar-refractivity contribution in [2.45, 2.75) is 38.4 Å². The summed E-state index contributed by atoms with van der Waals surface area (Å²) in [6.07, 6.45) is 3.25. The van der Waals surface area contributed by atoms with Crippen molar-refractivity contribution < 1.29 is 9.84 Å². The summed E-state index contributed by atoms with van der Waals surface area (Å²) in [5.41, 5.74) is 1.01. The average molecular weight is 220 g/mol. The standard InChI is InChI=1S/C14H20O2/c1-11(10-13-8-5-9-16-13)14(15)12-6-3-2-4-7-12/h2-4,6-7,11,13-15H,5,8-10H2,1H3. The molecule has 1 aromatic carbocycles. The Labute approximate surface area is 97.3 Å². The van der Waals surface area contributed by atoms with Gasteiger partial charge in [-0.05, 0) is 30.7 Å². The third kappa shape index (κ3) is 2.83. The monoisotopic (exact) mass is 220 g/mol. The molecule has 0 spiro atoms. The van der Waals surface area contributed by atoms with Crippen LogP contribution < -0.4 is 0 Å². The van der Waals surface area contributed by atoms with Crippen LogP contribution in [-0.4, -0.2) is 17.8 Å². The van der Waals surface area contributed by atoms with Crippen LogP contribution in [0.2, 0.25) is 0 Å². The van der Waals surface area contributed by atoms with E-state index in [0.29, 0.717) is 6.10 Å². The molecular weight excluding hydrogens is 200 g/mol. The molecule has 88 valence electrons. The van der Waals surface area contributed by atoms with Crippen molar-refractivity contribution in [1.29, 1.82) is 0 Å². The van der Waals surface area contributed by atoms with Crippen LogP contribution in [0.1, 0.15) is 37.9 Å². The maximum Gasteiger partial charge on any atom is 0.0816 e. The molecule has 1 aliphatic rings. The van der Waals surface area contributed by atoms with Gasteiger partial charge >= 0.3 is 0 Å². The topological polar surface area (TPSA) is 29.5 Å². The van der Waals surface area contributed by atoms with Gasteiger partial charge in [-0.2, -0.15) is 0 Å². The Morgan fingerprint density at radius 2 is 2.12 bits per heavy atom. The summed E-state index contributed by atoms with van der Waals surface area (Å²) >= 11 is 0. The Kier molecular flexibility index (Phi) is 3.97. The fourth-order valence-electron chi connectivity index (χ4n) is 2.35. The molecule has 1 N–H and O–H groups in total. The zero-order valence-corrected chi connectivity index (χ0v) is 9.80. The number of aliphatic hydroxyl groups is 1. The number of ether oxygens (including phenoxy) is 1. The van der Waals surface area contributed by atoms with E-state index in [0.717, 1.165) is 25.0 Å². The van der Waals surface area contributed by atoms with Crippen molar-refractivity contribution in [2.75, 3.05) is 6.61 Å². The first-order valence-corrected chi connectivity index (χ1v) is 6.12. The van der Waals surface area contributed by atoms with Crippen molar-refractivity contribution in [3.63, 3.8) is 0 Å². The van der Waals surface area contributed by atoms with Crippen molar-refractivity contribution in [2.24, 2.45) is 5.92 Å². The number of rotatable bonds is 4. The van der Waals surface area contributed by atoms with Crippen LogP contribution in [-0.2, 0) is 4.74 Å². The average Bonchev–Trinajstić information content (AvgIpc) is 2.82. The van der Waals surface area contributed by atoms with Crippen LogP contribution in [0.15, 0.2) is 30.3 Å². The highest BCUT2D eigenvalue weighted by molar-refractivity contribution is 5.17. The van der Waals surface area contributed by atoms with Crippen LogP contribution in [0.3, 0.4) is 0 Å². The molecule has 2 heteroatoms. The highest BCUT2D eigenvalue weighted by Gasteiger charge is 2.23. The SMILES string of the molecule is CC(CC1CCCO1)C(O)c1ccccc1. The molecule has 0 bridgehead atoms. The minimum atomic E-state index is -0.370. The molecule has 2 nitrogen and oxygen atoms in total. The van der Waals surface area contributed by atoms with E-state index in [9.17, 15) is 5.11 Å². The number of aliphatic hydroxyl groups excluding tert-OH is 1. The molecule has 0 aliphatic carbocycles. The third-order valence-corrected chi connectivity index (χ3v) is 3.34. The summed E-state index contributed by atoms with van der Waals surface area (Å²) in [6, 6.07) is 9.88. The zero-order chi connectivity index (χ0) is 11.4. The van der Waals surface area contributed by atoms with Gasteiger partial charge in [0.05, 0.1) is 12.2 Å². The Balaban J connectivity index is 1.91. The van der Waals surface area contributed by atoms with Crippen LogP contribution >= 0.6 is 0 Å². The van der Waals surface area contributed by atoms with Crippen LogP contribution in [0.4, 0.5) is 0 Å². The van der Waals surface area contributed by atoms with E-state index in [1.165, 1.54) is 6.42 Å². The van der Waals surface area contributed by atoms with Crippen molar-refractivity contribution in [3.05, 3.63) is 35.9 Å². The summed E-state index contributed by atoms with van der Waals surface area (Å²) in [7, 11) is 0. The molecule has 16 heavy (non-hydrogen) atoms. The summed E-state index contributed by atoms with van der Waals surface area (Å²) in [6.45, 7) is 2.98. The highest BCUT2D eigenvalue weighted by atomic mass is 16.5. The van der Waals surface area contributed by atoms with Gasteiger partial charge in [0.25, 0.3) is 0 Å². The smallest absolute Gasteiger partial charge is 0.0816 e. The van der Waals surface area contributed by atoms with E-state index < -0.39 is 0 Å². The van der Waals surface area contributed by atoms with Gasteiger partial charge in [-0.1, -0.05) is 37.3 Å². The largest absolute Gasteiger partial charge is 0.388 e. The third-order valence-electron chi connectivity index (χ3n) is 3.34. The maximum absolute atomic E-state index is 10.2. The molecule has 3 unspecified atom stereocenters. The molecule has 1 aliphatic heterocycles. The quantitative estimate of drug-likeness (QED) is 0.845. The van der Waals surface area contributed by atoms with E-state index in [2.05, 4.69) is 6.92 Å². The lowest BCUT2D eigenvalue weighted by molar-refractivity contribution is 0.0497. The predicted molar refractivity (Wildman–Crippen MR) is 64.2 cm³/mol. The van der Waals surface area contributed by atoms with Crippen LogP contribution in [0, 0.1) is 5.92 Å². The second-order valence-electron chi connectivity index (χ2n) is 4.70. The van der Waals surface area contributed by atoms with Gasteiger partial charge in [-0.3, -0.25) is 0 Å². The van der Waals surface area contributed by atoms with Gasteiger partial charge in [0, 0.05) is 6.61 Å². The van der Waals surface area contributed by atoms with Crippen molar-refractivity contribution in [1.82, 2.24) is 0 Å². The minimum absolute atomic E-state index is 0.255. The van der Waals surface area contributed by atoms with Crippen LogP contribution in [0.25, 0.3) is 0 Å². The first-order chi connectivity index (χ1) is 7.77. The molecule has 0 radical (unpaired) electrons. The maximum atomic E-state index is 10.2. The Morgan fingerprint density at radius 1 is 1.38 bits per heavy atom. The lowest BCUT2D eigenvalue weighted by Gasteiger charge is -2.21. The second-order valence-corrected chi connectivity index (χ2v) is 4.70. The van der Waals surface area contributed by atoms with E-state index >= 15 is 0 Å². The molecule has 1 aromatic rings. The second kappa shape index (κ2) is 5.46. The highest BCUT2D eigenvalue weighted by Crippen LogP contribution is 2.28. The fraction of sp³-hybridized carbons (Fsp3) is 0.571. The molecule has 1 saturated heterocycles. The normalized spacial score (nSPS) is 24.2. The molecule has 2 rings (SSSR count). The minimum Gasteiger partial charge on any atom is -0.388 e. The summed E-state index contributed by atoms with van der Waals surface area (Å²) < 4.78 is 5.60. The fourth-order valence-corrected chi connectivity index (χ4v) is 2.35. The number of hydrogen-bond donors (Lipinski definition) is 1. The molecule has 0 saturated carbocycles. The van der Waals surface area contributed by atoms with Gasteiger partial charge in [0.1, 0.15) is 0 Å². The summed E-state index contributed by atoms with van der Waals surface area (Å²) in [5, 5.41) is 10.2. The van der Waals surface area contributed by atoms with Gasteiger partial charge < -0.3 is 9.84 Å².